The van der Waals surface area contributed by atoms with Crippen LogP contribution in [0.25, 0.3) is 0 Å². The van der Waals surface area contributed by atoms with Crippen LogP contribution in [0.1, 0.15) is 25.7 Å². The van der Waals surface area contributed by atoms with E-state index < -0.39 is 29.5 Å². The first-order valence-corrected chi connectivity index (χ1v) is 9.51. The summed E-state index contributed by atoms with van der Waals surface area (Å²) < 4.78 is 16.2. The van der Waals surface area contributed by atoms with Gasteiger partial charge >= 0.3 is 17.9 Å². The molecule has 0 saturated heterocycles. The smallest absolute Gasteiger partial charge is 0.305 e. The van der Waals surface area contributed by atoms with Crippen LogP contribution in [0, 0.1) is 4.91 Å². The maximum atomic E-state index is 11.0. The summed E-state index contributed by atoms with van der Waals surface area (Å²) in [6.07, 6.45) is -0.830. The molecule has 0 rings (SSSR count). The lowest BCUT2D eigenvalue weighted by atomic mass is 10.0. The second-order valence-electron chi connectivity index (χ2n) is 6.74. The number of carboxylic acid groups (broad SMARTS) is 3. The van der Waals surface area contributed by atoms with Crippen molar-refractivity contribution in [2.45, 2.75) is 37.3 Å². The molecule has 0 aliphatic heterocycles. The van der Waals surface area contributed by atoms with Crippen LogP contribution in [0.2, 0.25) is 0 Å². The van der Waals surface area contributed by atoms with Crippen molar-refractivity contribution in [2.75, 3.05) is 52.8 Å². The van der Waals surface area contributed by atoms with Gasteiger partial charge < -0.3 is 34.6 Å². The van der Waals surface area contributed by atoms with Crippen molar-refractivity contribution in [1.82, 2.24) is 5.01 Å². The Morgan fingerprint density at radius 1 is 0.871 bits per heavy atom. The lowest BCUT2D eigenvalue weighted by Crippen LogP contribution is -2.63. The fourth-order valence-electron chi connectivity index (χ4n) is 2.39. The SMILES string of the molecule is NN(C[C@@H](CCO)N=O)C(COCCC(=O)O)(COCCC(=O)O)COCCC(=O)O. The van der Waals surface area contributed by atoms with Crippen molar-refractivity contribution in [2.24, 2.45) is 11.0 Å². The highest BCUT2D eigenvalue weighted by Crippen LogP contribution is 2.18. The molecule has 0 aliphatic rings. The van der Waals surface area contributed by atoms with Crippen LogP contribution >= 0.6 is 0 Å². The van der Waals surface area contributed by atoms with E-state index in [1.807, 2.05) is 0 Å². The highest BCUT2D eigenvalue weighted by molar-refractivity contribution is 5.67. The minimum atomic E-state index is -1.31. The Balaban J connectivity index is 5.41. The molecule has 6 N–H and O–H groups in total. The van der Waals surface area contributed by atoms with Crippen LogP contribution in [-0.2, 0) is 28.6 Å². The highest BCUT2D eigenvalue weighted by Gasteiger charge is 2.38. The van der Waals surface area contributed by atoms with E-state index in [2.05, 4.69) is 5.18 Å². The number of carbonyl (C=O) groups is 3. The molecule has 0 heterocycles. The maximum absolute atomic E-state index is 11.0. The summed E-state index contributed by atoms with van der Waals surface area (Å²) in [6.45, 7) is -1.61. The molecule has 0 spiro atoms. The molecule has 0 aromatic carbocycles. The van der Waals surface area contributed by atoms with Gasteiger partial charge in [-0.3, -0.25) is 20.2 Å². The Morgan fingerprint density at radius 2 is 1.26 bits per heavy atom. The first-order chi connectivity index (χ1) is 14.7. The van der Waals surface area contributed by atoms with Gasteiger partial charge in [-0.05, 0) is 6.42 Å². The molecule has 1 atom stereocenters. The lowest BCUT2D eigenvalue weighted by Gasteiger charge is -2.41. The lowest BCUT2D eigenvalue weighted by molar-refractivity contribution is -0.141. The first-order valence-electron chi connectivity index (χ1n) is 9.51. The summed E-state index contributed by atoms with van der Waals surface area (Å²) >= 11 is 0. The quantitative estimate of drug-likeness (QED) is 0.0603. The Labute approximate surface area is 178 Å². The second kappa shape index (κ2) is 16.5. The number of nitrogens with zero attached hydrogens (tertiary/aromatic N) is 2. The van der Waals surface area contributed by atoms with Crippen molar-refractivity contribution in [3.63, 3.8) is 0 Å². The number of hydrogen-bond acceptors (Lipinski definition) is 11. The molecule has 0 fully saturated rings. The van der Waals surface area contributed by atoms with E-state index in [1.54, 1.807) is 0 Å². The molecule has 14 heteroatoms. The number of aliphatic hydroxyl groups excluding tert-OH is 1. The molecule has 0 aliphatic carbocycles. The third-order valence-electron chi connectivity index (χ3n) is 4.12. The van der Waals surface area contributed by atoms with Gasteiger partial charge in [0.2, 0.25) is 0 Å². The number of hydrazine groups is 1. The topological polar surface area (TPSA) is 219 Å². The van der Waals surface area contributed by atoms with Crippen molar-refractivity contribution in [3.8, 4) is 0 Å². The molecular weight excluding hydrogens is 422 g/mol. The van der Waals surface area contributed by atoms with Crippen LogP contribution in [0.15, 0.2) is 5.18 Å². The summed E-state index contributed by atoms with van der Waals surface area (Å²) in [5, 5.41) is 39.4. The van der Waals surface area contributed by atoms with Gasteiger partial charge in [0.25, 0.3) is 0 Å². The summed E-state index contributed by atoms with van der Waals surface area (Å²) in [4.78, 5) is 43.2. The Hall–Kier alpha value is -2.23. The van der Waals surface area contributed by atoms with E-state index in [1.165, 1.54) is 0 Å². The number of carboxylic acids is 3. The monoisotopic (exact) mass is 453 g/mol. The molecule has 31 heavy (non-hydrogen) atoms. The summed E-state index contributed by atoms with van der Waals surface area (Å²) in [7, 11) is 0. The largest absolute Gasteiger partial charge is 0.481 e. The summed E-state index contributed by atoms with van der Waals surface area (Å²) in [5.74, 6) is 2.90. The molecule has 0 amide bonds. The number of aliphatic carboxylic acids is 3. The van der Waals surface area contributed by atoms with Crippen molar-refractivity contribution in [3.05, 3.63) is 4.91 Å². The summed E-state index contributed by atoms with van der Waals surface area (Å²) in [5.41, 5.74) is -1.31. The second-order valence-corrected chi connectivity index (χ2v) is 6.74. The fourth-order valence-corrected chi connectivity index (χ4v) is 2.39. The van der Waals surface area contributed by atoms with Gasteiger partial charge in [0.1, 0.15) is 11.6 Å². The molecular formula is C17H31N3O11. The minimum Gasteiger partial charge on any atom is -0.481 e. The van der Waals surface area contributed by atoms with E-state index in [4.69, 9.17) is 40.5 Å². The molecule has 0 aromatic rings. The van der Waals surface area contributed by atoms with Crippen molar-refractivity contribution in [1.29, 1.82) is 0 Å². The zero-order valence-corrected chi connectivity index (χ0v) is 17.2. The molecule has 0 bridgehead atoms. The molecule has 0 aromatic heterocycles. The van der Waals surface area contributed by atoms with E-state index in [9.17, 15) is 19.3 Å². The van der Waals surface area contributed by atoms with Crippen molar-refractivity contribution < 1.29 is 49.0 Å². The Morgan fingerprint density at radius 3 is 1.55 bits per heavy atom. The number of hydrogen-bond donors (Lipinski definition) is 5. The van der Waals surface area contributed by atoms with Crippen LogP contribution in [-0.4, -0.2) is 108 Å². The van der Waals surface area contributed by atoms with Gasteiger partial charge in [-0.15, -0.1) is 0 Å². The predicted molar refractivity (Wildman–Crippen MR) is 104 cm³/mol. The molecule has 0 radical (unpaired) electrons. The summed E-state index contributed by atoms with van der Waals surface area (Å²) in [6, 6.07) is -0.883. The maximum Gasteiger partial charge on any atom is 0.305 e. The molecule has 0 unspecified atom stereocenters. The number of rotatable bonds is 21. The van der Waals surface area contributed by atoms with Gasteiger partial charge in [0.15, 0.2) is 0 Å². The van der Waals surface area contributed by atoms with Crippen LogP contribution < -0.4 is 5.84 Å². The third kappa shape index (κ3) is 13.6. The van der Waals surface area contributed by atoms with E-state index in [0.717, 1.165) is 5.01 Å². The van der Waals surface area contributed by atoms with E-state index in [-0.39, 0.29) is 78.5 Å². The number of nitrogens with two attached hydrogens (primary N) is 1. The molecule has 180 valence electrons. The van der Waals surface area contributed by atoms with Gasteiger partial charge in [-0.25, -0.2) is 5.01 Å². The average Bonchev–Trinajstić information content (AvgIpc) is 2.70. The third-order valence-corrected chi connectivity index (χ3v) is 4.12. The highest BCUT2D eigenvalue weighted by atomic mass is 16.5. The standard InChI is InChI=1S/C17H31N3O11/c18-20(9-13(19-28)1-5-21)17(10-29-6-2-14(22)23,11-30-7-3-15(24)25)12-31-8-4-16(26)27/h13,21H,1-12,18H2,(H,22,23)(H,24,25)(H,26,27)/t13-/m1/s1. The van der Waals surface area contributed by atoms with Gasteiger partial charge in [0, 0.05) is 13.2 Å². The molecule has 14 nitrogen and oxygen atoms in total. The number of aliphatic hydroxyl groups is 1. The minimum absolute atomic E-state index is 0.0346. The number of ether oxygens (including phenoxy) is 3. The van der Waals surface area contributed by atoms with Crippen LogP contribution in [0.5, 0.6) is 0 Å². The van der Waals surface area contributed by atoms with Crippen molar-refractivity contribution >= 4 is 17.9 Å². The average molecular weight is 453 g/mol. The zero-order valence-electron chi connectivity index (χ0n) is 17.2. The predicted octanol–water partition coefficient (Wildman–Crippen LogP) is -1.11. The van der Waals surface area contributed by atoms with E-state index >= 15 is 0 Å². The van der Waals surface area contributed by atoms with Gasteiger partial charge in [0.05, 0.1) is 58.9 Å². The number of nitroso groups, excluding NO2 is 1. The fraction of sp³-hybridized carbons (Fsp3) is 0.824. The normalized spacial score (nSPS) is 12.6. The van der Waals surface area contributed by atoms with E-state index in [0.29, 0.717) is 0 Å². The molecule has 0 saturated carbocycles. The first kappa shape index (κ1) is 28.8. The Bertz CT molecular complexity index is 506. The van der Waals surface area contributed by atoms with Crippen LogP contribution in [0.3, 0.4) is 0 Å². The van der Waals surface area contributed by atoms with Gasteiger partial charge in [-0.2, -0.15) is 4.91 Å². The zero-order chi connectivity index (χ0) is 23.7. The Kier molecular flexibility index (Phi) is 15.3. The van der Waals surface area contributed by atoms with Gasteiger partial charge in [-0.1, -0.05) is 5.18 Å². The van der Waals surface area contributed by atoms with Crippen LogP contribution in [0.4, 0.5) is 0 Å².